The number of carbonyl (C=O) groups excluding carboxylic acids is 1. The number of carbonyl (C=O) groups is 2. The average molecular weight is 683 g/mol. The number of rotatable bonds is 14. The number of nitrogens with two attached hydrogens (primary N) is 1. The van der Waals surface area contributed by atoms with E-state index in [0.29, 0.717) is 41.5 Å². The molecule has 254 valence electrons. The van der Waals surface area contributed by atoms with E-state index in [1.807, 2.05) is 53.3 Å². The van der Waals surface area contributed by atoms with E-state index in [0.717, 1.165) is 57.2 Å². The van der Waals surface area contributed by atoms with E-state index in [2.05, 4.69) is 40.2 Å². The zero-order valence-electron chi connectivity index (χ0n) is 27.1. The number of halogens is 1. The number of methoxy groups -OCH3 is 1. The molecule has 4 aromatic carbocycles. The molecule has 0 radical (unpaired) electrons. The molecule has 1 fully saturated rings. The van der Waals surface area contributed by atoms with Crippen LogP contribution in [0.3, 0.4) is 0 Å². The van der Waals surface area contributed by atoms with E-state index in [-0.39, 0.29) is 18.5 Å². The third kappa shape index (κ3) is 7.55. The fourth-order valence-corrected chi connectivity index (χ4v) is 6.56. The van der Waals surface area contributed by atoms with Gasteiger partial charge in [-0.25, -0.2) is 0 Å². The maximum absolute atomic E-state index is 11.4. The Hall–Kier alpha value is -4.94. The lowest BCUT2D eigenvalue weighted by atomic mass is 9.96. The average Bonchev–Trinajstić information content (AvgIpc) is 3.72. The molecule has 49 heavy (non-hydrogen) atoms. The number of carboxylic acids is 1. The zero-order chi connectivity index (χ0) is 34.5. The predicted molar refractivity (Wildman–Crippen MR) is 190 cm³/mol. The number of nitrogens with zero attached hydrogens (tertiary/aromatic N) is 2. The number of amides is 1. The van der Waals surface area contributed by atoms with Crippen LogP contribution in [0, 0.1) is 0 Å². The Morgan fingerprint density at radius 2 is 1.84 bits per heavy atom. The normalized spacial score (nSPS) is 15.0. The van der Waals surface area contributed by atoms with Crippen LogP contribution in [-0.4, -0.2) is 64.2 Å². The first-order valence-electron chi connectivity index (χ1n) is 16.1. The monoisotopic (exact) mass is 682 g/mol. The number of aliphatic carboxylic acids is 1. The summed E-state index contributed by atoms with van der Waals surface area (Å²) in [7, 11) is 1.54. The van der Waals surface area contributed by atoms with Crippen LogP contribution >= 0.6 is 11.6 Å². The van der Waals surface area contributed by atoms with Crippen molar-refractivity contribution in [1.82, 2.24) is 25.7 Å². The van der Waals surface area contributed by atoms with E-state index in [1.165, 1.54) is 0 Å². The predicted octanol–water partition coefficient (Wildman–Crippen LogP) is 4.57. The Kier molecular flexibility index (Phi) is 10.4. The highest BCUT2D eigenvalue weighted by Crippen LogP contribution is 2.39. The first-order valence-corrected chi connectivity index (χ1v) is 16.5. The van der Waals surface area contributed by atoms with Crippen LogP contribution in [0.1, 0.15) is 29.5 Å². The molecule has 0 bridgehead atoms. The molecule has 1 aliphatic rings. The minimum absolute atomic E-state index is 0.123. The molecule has 5 aromatic rings. The van der Waals surface area contributed by atoms with Gasteiger partial charge in [0.15, 0.2) is 0 Å². The Balaban J connectivity index is 1.20. The summed E-state index contributed by atoms with van der Waals surface area (Å²) in [6.45, 7) is 1.46. The molecule has 0 saturated carbocycles. The first kappa shape index (κ1) is 33.9. The fraction of sp³-hybridized carbons (Fsp3) is 0.270. The van der Waals surface area contributed by atoms with Gasteiger partial charge >= 0.3 is 5.97 Å². The summed E-state index contributed by atoms with van der Waals surface area (Å²) in [5.41, 5.74) is 14.3. The molecule has 12 heteroatoms. The smallest absolute Gasteiger partial charge is 0.323 e. The van der Waals surface area contributed by atoms with E-state index in [4.69, 9.17) is 27.2 Å². The summed E-state index contributed by atoms with van der Waals surface area (Å²) in [5, 5.41) is 34.1. The summed E-state index contributed by atoms with van der Waals surface area (Å²) >= 11 is 7.11. The van der Waals surface area contributed by atoms with E-state index >= 15 is 0 Å². The molecule has 0 aliphatic carbocycles. The third-order valence-corrected chi connectivity index (χ3v) is 9.34. The number of aliphatic hydroxyl groups is 1. The molecule has 1 aliphatic heterocycles. The molecule has 1 amide bonds. The van der Waals surface area contributed by atoms with Crippen molar-refractivity contribution in [2.24, 2.45) is 0 Å². The summed E-state index contributed by atoms with van der Waals surface area (Å²) < 4.78 is 7.47. The number of anilines is 1. The number of hydrogen-bond donors (Lipinski definition) is 6. The van der Waals surface area contributed by atoms with Gasteiger partial charge in [0.1, 0.15) is 11.8 Å². The number of aliphatic hydroxyl groups excluding tert-OH is 1. The Bertz CT molecular complexity index is 1980. The van der Waals surface area contributed by atoms with Crippen molar-refractivity contribution in [1.29, 1.82) is 0 Å². The number of hydrogen-bond acceptors (Lipinski definition) is 8. The zero-order valence-corrected chi connectivity index (χ0v) is 27.8. The van der Waals surface area contributed by atoms with E-state index in [1.54, 1.807) is 13.2 Å². The van der Waals surface area contributed by atoms with Crippen molar-refractivity contribution in [2.45, 2.75) is 44.6 Å². The Labute approximate surface area is 289 Å². The highest BCUT2D eigenvalue weighted by atomic mass is 35.5. The SMILES string of the molecule is COc1cc(Cn2ncc3c(-c4cccc(-c5ccc(CNC[C@@H]6CCC(=O)N6)cc5)c4Cl)cccc32)c(N)cc1CN[C@@H](CO)C(=O)O. The maximum atomic E-state index is 11.4. The van der Waals surface area contributed by atoms with Crippen molar-refractivity contribution in [3.8, 4) is 28.0 Å². The van der Waals surface area contributed by atoms with Crippen molar-refractivity contribution in [3.63, 3.8) is 0 Å². The molecule has 2 atom stereocenters. The fourth-order valence-electron chi connectivity index (χ4n) is 6.23. The largest absolute Gasteiger partial charge is 0.496 e. The summed E-state index contributed by atoms with van der Waals surface area (Å²) in [6, 6.07) is 23.1. The molecule has 1 saturated heterocycles. The van der Waals surface area contributed by atoms with Crippen LogP contribution < -0.4 is 26.4 Å². The molecule has 0 unspecified atom stereocenters. The molecule has 6 rings (SSSR count). The molecule has 7 N–H and O–H groups in total. The van der Waals surface area contributed by atoms with Gasteiger partial charge in [0.25, 0.3) is 0 Å². The lowest BCUT2D eigenvalue weighted by Gasteiger charge is -2.17. The number of ether oxygens (including phenoxy) is 1. The van der Waals surface area contributed by atoms with Crippen LogP contribution in [0.2, 0.25) is 5.02 Å². The number of nitrogens with one attached hydrogen (secondary N) is 3. The molecule has 1 aromatic heterocycles. The van der Waals surface area contributed by atoms with Gasteiger partial charge in [-0.1, -0.05) is 66.2 Å². The third-order valence-electron chi connectivity index (χ3n) is 8.93. The van der Waals surface area contributed by atoms with Gasteiger partial charge in [0.05, 0.1) is 37.0 Å². The molecule has 11 nitrogen and oxygen atoms in total. The van der Waals surface area contributed by atoms with E-state index in [9.17, 15) is 19.8 Å². The highest BCUT2D eigenvalue weighted by Gasteiger charge is 2.21. The second-order valence-corrected chi connectivity index (χ2v) is 12.5. The molecular formula is C37H39ClN6O5. The van der Waals surface area contributed by atoms with Crippen LogP contribution in [0.4, 0.5) is 5.69 Å². The summed E-state index contributed by atoms with van der Waals surface area (Å²) in [5.74, 6) is -0.475. The standard InChI is InChI=1S/C37H39ClN6O5/c1-49-34-15-25(31(39)14-24(34)17-41-32(21-45)37(47)48)20-44-33-7-3-5-28(30(33)19-42-44)29-6-2-4-27(36(29)38)23-10-8-22(9-11-23)16-40-18-26-12-13-35(46)43-26/h2-11,14-15,19,26,32,40-41,45H,12-13,16-18,20-21,39H2,1H3,(H,43,46)(H,47,48)/t26-,32-/m0/s1. The number of nitrogen functional groups attached to an aromatic ring is 1. The van der Waals surface area contributed by atoms with Gasteiger partial charge in [-0.15, -0.1) is 0 Å². The second-order valence-electron chi connectivity index (χ2n) is 12.2. The van der Waals surface area contributed by atoms with Crippen molar-refractivity contribution < 1.29 is 24.5 Å². The van der Waals surface area contributed by atoms with Crippen molar-refractivity contribution >= 4 is 40.1 Å². The van der Waals surface area contributed by atoms with Gasteiger partial charge in [-0.2, -0.15) is 5.10 Å². The lowest BCUT2D eigenvalue weighted by Crippen LogP contribution is -2.39. The second kappa shape index (κ2) is 15.1. The van der Waals surface area contributed by atoms with Gasteiger partial charge in [0.2, 0.25) is 5.91 Å². The Morgan fingerprint density at radius 1 is 1.08 bits per heavy atom. The van der Waals surface area contributed by atoms with Gasteiger partial charge in [-0.3, -0.25) is 19.6 Å². The Morgan fingerprint density at radius 3 is 2.55 bits per heavy atom. The van der Waals surface area contributed by atoms with Crippen LogP contribution in [-0.2, 0) is 29.2 Å². The van der Waals surface area contributed by atoms with Crippen LogP contribution in [0.5, 0.6) is 5.75 Å². The van der Waals surface area contributed by atoms with Crippen molar-refractivity contribution in [2.75, 3.05) is 26.0 Å². The highest BCUT2D eigenvalue weighted by molar-refractivity contribution is 6.36. The number of carboxylic acid groups (broad SMARTS) is 1. The summed E-state index contributed by atoms with van der Waals surface area (Å²) in [4.78, 5) is 22.7. The van der Waals surface area contributed by atoms with Gasteiger partial charge in [-0.05, 0) is 41.3 Å². The quantitative estimate of drug-likeness (QED) is 0.0922. The minimum Gasteiger partial charge on any atom is -0.496 e. The lowest BCUT2D eigenvalue weighted by molar-refractivity contribution is -0.140. The van der Waals surface area contributed by atoms with Gasteiger partial charge < -0.3 is 31.3 Å². The number of fused-ring (bicyclic) bond motifs is 1. The molecule has 0 spiro atoms. The van der Waals surface area contributed by atoms with Crippen LogP contribution in [0.15, 0.2) is 79.0 Å². The van der Waals surface area contributed by atoms with Crippen molar-refractivity contribution in [3.05, 3.63) is 101 Å². The van der Waals surface area contributed by atoms with Crippen LogP contribution in [0.25, 0.3) is 33.2 Å². The van der Waals surface area contributed by atoms with Gasteiger partial charge in [0, 0.05) is 65.4 Å². The topological polar surface area (TPSA) is 164 Å². The maximum Gasteiger partial charge on any atom is 0.323 e. The molecule has 2 heterocycles. The molecular weight excluding hydrogens is 644 g/mol. The number of benzene rings is 4. The summed E-state index contributed by atoms with van der Waals surface area (Å²) in [6.07, 6.45) is 3.30. The first-order chi connectivity index (χ1) is 23.7. The number of aromatic nitrogens is 2. The minimum atomic E-state index is -1.14. The van der Waals surface area contributed by atoms with E-state index < -0.39 is 18.6 Å².